The lowest BCUT2D eigenvalue weighted by Gasteiger charge is -2.35. The van der Waals surface area contributed by atoms with Crippen molar-refractivity contribution >= 4 is 5.91 Å². The van der Waals surface area contributed by atoms with Gasteiger partial charge in [0.25, 0.3) is 0 Å². The average molecular weight is 224 g/mol. The molecule has 0 aromatic rings. The van der Waals surface area contributed by atoms with E-state index >= 15 is 0 Å². The molecule has 0 radical (unpaired) electrons. The Balaban J connectivity index is 2.48. The van der Waals surface area contributed by atoms with Crippen molar-refractivity contribution in [2.24, 2.45) is 11.7 Å². The molecule has 1 aliphatic heterocycles. The lowest BCUT2D eigenvalue weighted by molar-refractivity contribution is -0.162. The molecule has 15 heavy (non-hydrogen) atoms. The Morgan fingerprint density at radius 3 is 2.60 bits per heavy atom. The van der Waals surface area contributed by atoms with Gasteiger partial charge >= 0.3 is 6.18 Å². The SMILES string of the molecule is CC1CCN(C(=O)CC(F)(F)F)CC1N. The summed E-state index contributed by atoms with van der Waals surface area (Å²) in [4.78, 5) is 12.4. The summed E-state index contributed by atoms with van der Waals surface area (Å²) in [6.45, 7) is 2.55. The number of hydrogen-bond donors (Lipinski definition) is 1. The lowest BCUT2D eigenvalue weighted by atomic mass is 9.94. The van der Waals surface area contributed by atoms with Crippen molar-refractivity contribution in [1.29, 1.82) is 0 Å². The molecule has 2 N–H and O–H groups in total. The van der Waals surface area contributed by atoms with Gasteiger partial charge in [-0.2, -0.15) is 13.2 Å². The van der Waals surface area contributed by atoms with Gasteiger partial charge < -0.3 is 10.6 Å². The zero-order valence-electron chi connectivity index (χ0n) is 8.55. The van der Waals surface area contributed by atoms with Crippen LogP contribution in [-0.4, -0.2) is 36.1 Å². The summed E-state index contributed by atoms with van der Waals surface area (Å²) in [6, 6.07) is -0.212. The highest BCUT2D eigenvalue weighted by Crippen LogP contribution is 2.23. The number of alkyl halides is 3. The molecule has 0 spiro atoms. The lowest BCUT2D eigenvalue weighted by Crippen LogP contribution is -2.50. The van der Waals surface area contributed by atoms with Crippen molar-refractivity contribution in [1.82, 2.24) is 4.90 Å². The van der Waals surface area contributed by atoms with Gasteiger partial charge in [-0.15, -0.1) is 0 Å². The molecule has 1 amide bonds. The van der Waals surface area contributed by atoms with E-state index in [0.29, 0.717) is 13.0 Å². The summed E-state index contributed by atoms with van der Waals surface area (Å²) in [6.07, 6.45) is -5.14. The van der Waals surface area contributed by atoms with E-state index < -0.39 is 18.5 Å². The molecule has 1 aliphatic rings. The number of hydrogen-bond acceptors (Lipinski definition) is 2. The molecule has 3 nitrogen and oxygen atoms in total. The van der Waals surface area contributed by atoms with E-state index in [1.165, 1.54) is 4.90 Å². The molecular weight excluding hydrogens is 209 g/mol. The maximum absolute atomic E-state index is 12.0. The maximum atomic E-state index is 12.0. The zero-order valence-corrected chi connectivity index (χ0v) is 8.55. The maximum Gasteiger partial charge on any atom is 0.397 e. The Morgan fingerprint density at radius 2 is 2.13 bits per heavy atom. The van der Waals surface area contributed by atoms with Crippen molar-refractivity contribution < 1.29 is 18.0 Å². The van der Waals surface area contributed by atoms with Crippen molar-refractivity contribution in [2.45, 2.75) is 32.0 Å². The molecule has 0 aromatic carbocycles. The van der Waals surface area contributed by atoms with Crippen molar-refractivity contribution in [3.63, 3.8) is 0 Å². The highest BCUT2D eigenvalue weighted by molar-refractivity contribution is 5.77. The first-order valence-electron chi connectivity index (χ1n) is 4.89. The van der Waals surface area contributed by atoms with E-state index in [1.54, 1.807) is 0 Å². The third kappa shape index (κ3) is 3.70. The topological polar surface area (TPSA) is 46.3 Å². The van der Waals surface area contributed by atoms with Gasteiger partial charge in [0.1, 0.15) is 6.42 Å². The van der Waals surface area contributed by atoms with Crippen LogP contribution in [0.1, 0.15) is 19.8 Å². The van der Waals surface area contributed by atoms with Crippen LogP contribution < -0.4 is 5.73 Å². The van der Waals surface area contributed by atoms with Gasteiger partial charge in [0.05, 0.1) is 0 Å². The molecule has 0 saturated carbocycles. The summed E-state index contributed by atoms with van der Waals surface area (Å²) in [5, 5.41) is 0. The molecule has 1 rings (SSSR count). The number of carbonyl (C=O) groups excluding carboxylic acids is 1. The first kappa shape index (κ1) is 12.3. The van der Waals surface area contributed by atoms with Crippen LogP contribution in [0.25, 0.3) is 0 Å². The molecule has 1 fully saturated rings. The number of likely N-dealkylation sites (tertiary alicyclic amines) is 1. The number of rotatable bonds is 1. The highest BCUT2D eigenvalue weighted by Gasteiger charge is 2.35. The summed E-state index contributed by atoms with van der Waals surface area (Å²) in [7, 11) is 0. The molecular formula is C9H15F3N2O. The fraction of sp³-hybridized carbons (Fsp3) is 0.889. The Labute approximate surface area is 86.4 Å². The Kier molecular flexibility index (Phi) is 3.59. The van der Waals surface area contributed by atoms with Gasteiger partial charge in [-0.05, 0) is 12.3 Å². The summed E-state index contributed by atoms with van der Waals surface area (Å²) >= 11 is 0. The minimum absolute atomic E-state index is 0.212. The van der Waals surface area contributed by atoms with Crippen molar-refractivity contribution in [3.05, 3.63) is 0 Å². The fourth-order valence-electron chi connectivity index (χ4n) is 1.61. The van der Waals surface area contributed by atoms with E-state index in [0.717, 1.165) is 0 Å². The summed E-state index contributed by atoms with van der Waals surface area (Å²) in [5.41, 5.74) is 5.70. The van der Waals surface area contributed by atoms with Crippen molar-refractivity contribution in [3.8, 4) is 0 Å². The van der Waals surface area contributed by atoms with E-state index in [4.69, 9.17) is 5.73 Å². The molecule has 6 heteroatoms. The van der Waals surface area contributed by atoms with Crippen LogP contribution in [0.4, 0.5) is 13.2 Å². The highest BCUT2D eigenvalue weighted by atomic mass is 19.4. The van der Waals surface area contributed by atoms with Crippen molar-refractivity contribution in [2.75, 3.05) is 13.1 Å². The Morgan fingerprint density at radius 1 is 1.53 bits per heavy atom. The van der Waals surface area contributed by atoms with Gasteiger partial charge in [0, 0.05) is 19.1 Å². The third-order valence-electron chi connectivity index (χ3n) is 2.72. The van der Waals surface area contributed by atoms with Crippen LogP contribution in [0, 0.1) is 5.92 Å². The van der Waals surface area contributed by atoms with Crippen LogP contribution in [0.5, 0.6) is 0 Å². The second kappa shape index (κ2) is 4.38. The monoisotopic (exact) mass is 224 g/mol. The smallest absolute Gasteiger partial charge is 0.341 e. The normalized spacial score (nSPS) is 27.9. The largest absolute Gasteiger partial charge is 0.397 e. The van der Waals surface area contributed by atoms with Gasteiger partial charge in [0.2, 0.25) is 5.91 Å². The number of halogens is 3. The molecule has 0 aromatic heterocycles. The molecule has 1 saturated heterocycles. The second-order valence-corrected chi connectivity index (χ2v) is 4.06. The number of amides is 1. The first-order valence-corrected chi connectivity index (χ1v) is 4.89. The molecule has 0 bridgehead atoms. The van der Waals surface area contributed by atoms with Crippen LogP contribution >= 0.6 is 0 Å². The first-order chi connectivity index (χ1) is 6.79. The van der Waals surface area contributed by atoms with E-state index in [1.807, 2.05) is 6.92 Å². The molecule has 0 aliphatic carbocycles. The summed E-state index contributed by atoms with van der Waals surface area (Å²) < 4.78 is 35.9. The number of nitrogens with zero attached hydrogens (tertiary/aromatic N) is 1. The van der Waals surface area contributed by atoms with E-state index in [2.05, 4.69) is 0 Å². The summed E-state index contributed by atoms with van der Waals surface area (Å²) in [5.74, 6) is -0.607. The van der Waals surface area contributed by atoms with Gasteiger partial charge in [-0.3, -0.25) is 4.79 Å². The molecule has 2 unspecified atom stereocenters. The average Bonchev–Trinajstić information content (AvgIpc) is 2.06. The number of nitrogens with two attached hydrogens (primary N) is 1. The molecule has 1 heterocycles. The van der Waals surface area contributed by atoms with Gasteiger partial charge in [0.15, 0.2) is 0 Å². The van der Waals surface area contributed by atoms with E-state index in [-0.39, 0.29) is 18.5 Å². The van der Waals surface area contributed by atoms with Crippen LogP contribution in [-0.2, 0) is 4.79 Å². The minimum atomic E-state index is -4.43. The number of carbonyl (C=O) groups is 1. The molecule has 2 atom stereocenters. The standard InChI is InChI=1S/C9H15F3N2O/c1-6-2-3-14(5-7(6)13)8(15)4-9(10,11)12/h6-7H,2-5,13H2,1H3. The minimum Gasteiger partial charge on any atom is -0.341 e. The third-order valence-corrected chi connectivity index (χ3v) is 2.72. The quantitative estimate of drug-likeness (QED) is 0.725. The molecule has 88 valence electrons. The number of piperidine rings is 1. The Bertz CT molecular complexity index is 242. The van der Waals surface area contributed by atoms with Crippen LogP contribution in [0.2, 0.25) is 0 Å². The van der Waals surface area contributed by atoms with Gasteiger partial charge in [-0.1, -0.05) is 6.92 Å². The predicted octanol–water partition coefficient (Wildman–Crippen LogP) is 1.13. The van der Waals surface area contributed by atoms with Crippen LogP contribution in [0.3, 0.4) is 0 Å². The predicted molar refractivity (Wildman–Crippen MR) is 49.0 cm³/mol. The van der Waals surface area contributed by atoms with Crippen LogP contribution in [0.15, 0.2) is 0 Å². The fourth-order valence-corrected chi connectivity index (χ4v) is 1.61. The van der Waals surface area contributed by atoms with E-state index in [9.17, 15) is 18.0 Å². The zero-order chi connectivity index (χ0) is 11.6. The Hall–Kier alpha value is -0.780. The van der Waals surface area contributed by atoms with Gasteiger partial charge in [-0.25, -0.2) is 0 Å². The second-order valence-electron chi connectivity index (χ2n) is 4.06.